The Morgan fingerprint density at radius 2 is 2.00 bits per heavy atom. The van der Waals surface area contributed by atoms with Crippen LogP contribution in [0.3, 0.4) is 0 Å². The molecule has 1 fully saturated rings. The van der Waals surface area contributed by atoms with E-state index in [0.29, 0.717) is 13.1 Å². The Balaban J connectivity index is 1.95. The van der Waals surface area contributed by atoms with E-state index in [1.54, 1.807) is 7.11 Å². The number of nitrogens with one attached hydrogen (secondary N) is 3. The number of aliphatic imine (C=N–C) groups is 1. The van der Waals surface area contributed by atoms with Crippen LogP contribution >= 0.6 is 0 Å². The van der Waals surface area contributed by atoms with Gasteiger partial charge in [-0.1, -0.05) is 25.0 Å². The number of hydrogen-bond donors (Lipinski definition) is 3. The number of ether oxygens (including phenoxy) is 1. The number of methoxy groups -OCH3 is 1. The van der Waals surface area contributed by atoms with Crippen LogP contribution in [0, 0.1) is 5.92 Å². The lowest BCUT2D eigenvalue weighted by Crippen LogP contribution is -2.45. The Bertz CT molecular complexity index is 637. The molecule has 1 aromatic carbocycles. The second-order valence-electron chi connectivity index (χ2n) is 7.68. The lowest BCUT2D eigenvalue weighted by molar-refractivity contribution is -0.119. The van der Waals surface area contributed by atoms with Gasteiger partial charge in [0.15, 0.2) is 5.96 Å². The summed E-state index contributed by atoms with van der Waals surface area (Å²) < 4.78 is 5.44. The Kier molecular flexibility index (Phi) is 8.10. The molecule has 0 unspecified atom stereocenters. The van der Waals surface area contributed by atoms with Crippen LogP contribution in [0.4, 0.5) is 5.69 Å². The molecule has 0 aliphatic heterocycles. The van der Waals surface area contributed by atoms with Gasteiger partial charge in [-0.15, -0.1) is 0 Å². The number of guanidine groups is 1. The number of nitrogens with zero attached hydrogens (tertiary/aromatic N) is 1. The van der Waals surface area contributed by atoms with Gasteiger partial charge in [-0.3, -0.25) is 4.79 Å². The molecule has 6 nitrogen and oxygen atoms in total. The lowest BCUT2D eigenvalue weighted by Gasteiger charge is -2.24. The van der Waals surface area contributed by atoms with Crippen LogP contribution in [0.15, 0.2) is 29.3 Å². The van der Waals surface area contributed by atoms with Gasteiger partial charge in [0.25, 0.3) is 0 Å². The third-order valence-corrected chi connectivity index (χ3v) is 4.92. The van der Waals surface area contributed by atoms with Crippen LogP contribution in [0.25, 0.3) is 0 Å². The van der Waals surface area contributed by atoms with E-state index in [0.717, 1.165) is 49.4 Å². The maximum Gasteiger partial charge on any atom is 0.227 e. The molecule has 0 saturated heterocycles. The highest BCUT2D eigenvalue weighted by atomic mass is 16.5. The minimum Gasteiger partial charge on any atom is -0.377 e. The fraction of sp³-hybridized carbons (Fsp3) is 0.619. The second-order valence-corrected chi connectivity index (χ2v) is 7.68. The third kappa shape index (κ3) is 7.21. The summed E-state index contributed by atoms with van der Waals surface area (Å²) in [6.07, 6.45) is 4.33. The van der Waals surface area contributed by atoms with E-state index in [1.165, 1.54) is 0 Å². The average molecular weight is 375 g/mol. The molecule has 0 spiro atoms. The topological polar surface area (TPSA) is 74.8 Å². The first-order valence-electron chi connectivity index (χ1n) is 9.90. The Morgan fingerprint density at radius 3 is 2.67 bits per heavy atom. The predicted molar refractivity (Wildman–Crippen MR) is 111 cm³/mol. The van der Waals surface area contributed by atoms with Gasteiger partial charge in [-0.05, 0) is 51.3 Å². The monoisotopic (exact) mass is 374 g/mol. The molecule has 27 heavy (non-hydrogen) atoms. The summed E-state index contributed by atoms with van der Waals surface area (Å²) in [5.74, 6) is 1.06. The molecule has 2 rings (SSSR count). The first-order chi connectivity index (χ1) is 12.9. The first kappa shape index (κ1) is 21.2. The van der Waals surface area contributed by atoms with Crippen LogP contribution in [-0.4, -0.2) is 37.7 Å². The van der Waals surface area contributed by atoms with E-state index in [1.807, 2.05) is 45.0 Å². The van der Waals surface area contributed by atoms with Gasteiger partial charge in [-0.2, -0.15) is 0 Å². The SMILES string of the molecule is CCNC(=NCc1cccc(NC(=O)C2CCCC2)c1)NCC(C)(C)OC. The molecule has 0 heterocycles. The zero-order chi connectivity index (χ0) is 19.7. The number of benzene rings is 1. The predicted octanol–water partition coefficient (Wildman–Crippen LogP) is 3.30. The van der Waals surface area contributed by atoms with Gasteiger partial charge < -0.3 is 20.7 Å². The highest BCUT2D eigenvalue weighted by Gasteiger charge is 2.22. The van der Waals surface area contributed by atoms with Gasteiger partial charge in [0.2, 0.25) is 5.91 Å². The molecule has 150 valence electrons. The van der Waals surface area contributed by atoms with Crippen LogP contribution in [-0.2, 0) is 16.1 Å². The standard InChI is InChI=1S/C21H34N4O2/c1-5-22-20(24-15-21(2,3)27-4)23-14-16-9-8-12-18(13-16)25-19(26)17-10-6-7-11-17/h8-9,12-13,17H,5-7,10-11,14-15H2,1-4H3,(H,25,26)(H2,22,23,24). The molecule has 1 aromatic rings. The number of hydrogen-bond acceptors (Lipinski definition) is 3. The molecule has 3 N–H and O–H groups in total. The maximum absolute atomic E-state index is 12.3. The number of rotatable bonds is 8. The quantitative estimate of drug-likeness (QED) is 0.482. The second kappa shape index (κ2) is 10.3. The summed E-state index contributed by atoms with van der Waals surface area (Å²) in [5, 5.41) is 9.61. The maximum atomic E-state index is 12.3. The molecule has 0 aromatic heterocycles. The largest absolute Gasteiger partial charge is 0.377 e. The highest BCUT2D eigenvalue weighted by molar-refractivity contribution is 5.92. The summed E-state index contributed by atoms with van der Waals surface area (Å²) >= 11 is 0. The smallest absolute Gasteiger partial charge is 0.227 e. The van der Waals surface area contributed by atoms with Crippen molar-refractivity contribution in [1.29, 1.82) is 0 Å². The molecule has 0 bridgehead atoms. The number of carbonyl (C=O) groups is 1. The lowest BCUT2D eigenvalue weighted by atomic mass is 10.1. The highest BCUT2D eigenvalue weighted by Crippen LogP contribution is 2.26. The minimum absolute atomic E-state index is 0.143. The van der Waals surface area contributed by atoms with Crippen molar-refractivity contribution < 1.29 is 9.53 Å². The molecule has 1 aliphatic carbocycles. The molecule has 0 atom stereocenters. The van der Waals surface area contributed by atoms with Crippen LogP contribution in [0.1, 0.15) is 52.0 Å². The first-order valence-corrected chi connectivity index (χ1v) is 9.90. The van der Waals surface area contributed by atoms with Crippen LogP contribution in [0.5, 0.6) is 0 Å². The van der Waals surface area contributed by atoms with Crippen molar-refractivity contribution in [3.05, 3.63) is 29.8 Å². The summed E-state index contributed by atoms with van der Waals surface area (Å²) in [4.78, 5) is 17.0. The summed E-state index contributed by atoms with van der Waals surface area (Å²) in [6, 6.07) is 7.92. The Morgan fingerprint density at radius 1 is 1.26 bits per heavy atom. The third-order valence-electron chi connectivity index (χ3n) is 4.92. The van der Waals surface area contributed by atoms with E-state index in [4.69, 9.17) is 4.74 Å². The molecule has 0 radical (unpaired) electrons. The Hall–Kier alpha value is -2.08. The van der Waals surface area contributed by atoms with Crippen molar-refractivity contribution in [3.63, 3.8) is 0 Å². The zero-order valence-electron chi connectivity index (χ0n) is 17.1. The van der Waals surface area contributed by atoms with E-state index < -0.39 is 0 Å². The van der Waals surface area contributed by atoms with Crippen molar-refractivity contribution in [3.8, 4) is 0 Å². The van der Waals surface area contributed by atoms with Crippen molar-refractivity contribution in [2.24, 2.45) is 10.9 Å². The minimum atomic E-state index is -0.263. The summed E-state index contributed by atoms with van der Waals surface area (Å²) in [7, 11) is 1.71. The van der Waals surface area contributed by atoms with Crippen molar-refractivity contribution in [2.45, 2.75) is 58.6 Å². The normalized spacial score (nSPS) is 15.6. The van der Waals surface area contributed by atoms with Crippen molar-refractivity contribution in [2.75, 3.05) is 25.5 Å². The summed E-state index contributed by atoms with van der Waals surface area (Å²) in [6.45, 7) is 8.08. The number of carbonyl (C=O) groups excluding carboxylic acids is 1. The van der Waals surface area contributed by atoms with Gasteiger partial charge >= 0.3 is 0 Å². The fourth-order valence-electron chi connectivity index (χ4n) is 3.06. The van der Waals surface area contributed by atoms with E-state index in [-0.39, 0.29) is 17.4 Å². The van der Waals surface area contributed by atoms with Crippen LogP contribution < -0.4 is 16.0 Å². The van der Waals surface area contributed by atoms with Crippen LogP contribution in [0.2, 0.25) is 0 Å². The van der Waals surface area contributed by atoms with Gasteiger partial charge in [-0.25, -0.2) is 4.99 Å². The fourth-order valence-corrected chi connectivity index (χ4v) is 3.06. The number of anilines is 1. The zero-order valence-corrected chi connectivity index (χ0v) is 17.1. The van der Waals surface area contributed by atoms with Gasteiger partial charge in [0.1, 0.15) is 0 Å². The average Bonchev–Trinajstić information content (AvgIpc) is 3.19. The number of amides is 1. The van der Waals surface area contributed by atoms with Gasteiger partial charge in [0.05, 0.1) is 12.1 Å². The molecular weight excluding hydrogens is 340 g/mol. The summed E-state index contributed by atoms with van der Waals surface area (Å²) in [5.41, 5.74) is 1.64. The molecule has 6 heteroatoms. The van der Waals surface area contributed by atoms with E-state index in [2.05, 4.69) is 20.9 Å². The van der Waals surface area contributed by atoms with Crippen molar-refractivity contribution in [1.82, 2.24) is 10.6 Å². The van der Waals surface area contributed by atoms with Gasteiger partial charge in [0, 0.05) is 31.8 Å². The van der Waals surface area contributed by atoms with E-state index in [9.17, 15) is 4.79 Å². The molecule has 1 aliphatic rings. The van der Waals surface area contributed by atoms with Crippen molar-refractivity contribution >= 4 is 17.6 Å². The van der Waals surface area contributed by atoms with E-state index >= 15 is 0 Å². The molecular formula is C21H34N4O2. The Labute approximate surface area is 163 Å². The molecule has 1 amide bonds. The molecule has 1 saturated carbocycles.